The molecule has 0 spiro atoms. The summed E-state index contributed by atoms with van der Waals surface area (Å²) in [5.41, 5.74) is 0.710. The smallest absolute Gasteiger partial charge is 0.230 e. The number of ether oxygens (including phenoxy) is 1. The number of amides is 1. The molecular formula is C17H25NO2. The van der Waals surface area contributed by atoms with Crippen LogP contribution in [0.5, 0.6) is 0 Å². The fraction of sp³-hybridized carbons (Fsp3) is 0.588. The highest BCUT2D eigenvalue weighted by atomic mass is 16.5. The molecule has 1 heterocycles. The van der Waals surface area contributed by atoms with Gasteiger partial charge in [0.2, 0.25) is 5.91 Å². The highest BCUT2D eigenvalue weighted by molar-refractivity contribution is 5.88. The van der Waals surface area contributed by atoms with Crippen LogP contribution in [0.15, 0.2) is 30.3 Å². The number of hydrogen-bond donors (Lipinski definition) is 1. The van der Waals surface area contributed by atoms with Gasteiger partial charge >= 0.3 is 0 Å². The van der Waals surface area contributed by atoms with Crippen molar-refractivity contribution in [1.29, 1.82) is 0 Å². The standard InChI is InChI=1S/C17H25NO2/c1-14(2)8-11-18-16(19)17(9-12-20-13-10-17)15-6-4-3-5-7-15/h3-7,14H,8-13H2,1-2H3,(H,18,19). The largest absolute Gasteiger partial charge is 0.381 e. The number of benzene rings is 1. The van der Waals surface area contributed by atoms with Gasteiger partial charge in [-0.3, -0.25) is 4.79 Å². The normalized spacial score (nSPS) is 17.9. The summed E-state index contributed by atoms with van der Waals surface area (Å²) in [6, 6.07) is 10.1. The van der Waals surface area contributed by atoms with Gasteiger partial charge in [0.15, 0.2) is 0 Å². The summed E-state index contributed by atoms with van der Waals surface area (Å²) >= 11 is 0. The third-order valence-electron chi connectivity index (χ3n) is 4.11. The van der Waals surface area contributed by atoms with E-state index in [4.69, 9.17) is 4.74 Å². The van der Waals surface area contributed by atoms with Gasteiger partial charge in [0.25, 0.3) is 0 Å². The summed E-state index contributed by atoms with van der Waals surface area (Å²) < 4.78 is 5.46. The predicted octanol–water partition coefficient (Wildman–Crippen LogP) is 2.90. The summed E-state index contributed by atoms with van der Waals surface area (Å²) in [6.45, 7) is 6.42. The van der Waals surface area contributed by atoms with Gasteiger partial charge in [-0.25, -0.2) is 0 Å². The number of nitrogens with one attached hydrogen (secondary N) is 1. The van der Waals surface area contributed by atoms with Crippen molar-refractivity contribution < 1.29 is 9.53 Å². The fourth-order valence-electron chi connectivity index (χ4n) is 2.77. The van der Waals surface area contributed by atoms with Crippen LogP contribution in [0, 0.1) is 5.92 Å². The maximum absolute atomic E-state index is 12.7. The Hall–Kier alpha value is -1.35. The molecule has 1 aliphatic heterocycles. The summed E-state index contributed by atoms with van der Waals surface area (Å²) in [4.78, 5) is 12.7. The predicted molar refractivity (Wildman–Crippen MR) is 80.6 cm³/mol. The molecule has 1 aliphatic rings. The Morgan fingerprint density at radius 3 is 2.50 bits per heavy atom. The molecule has 110 valence electrons. The first kappa shape index (κ1) is 15.0. The Labute approximate surface area is 121 Å². The van der Waals surface area contributed by atoms with E-state index in [0.717, 1.165) is 31.4 Å². The van der Waals surface area contributed by atoms with Crippen LogP contribution in [0.2, 0.25) is 0 Å². The molecule has 1 amide bonds. The van der Waals surface area contributed by atoms with Crippen LogP contribution in [0.25, 0.3) is 0 Å². The van der Waals surface area contributed by atoms with Crippen molar-refractivity contribution in [3.05, 3.63) is 35.9 Å². The molecule has 3 nitrogen and oxygen atoms in total. The topological polar surface area (TPSA) is 38.3 Å². The minimum Gasteiger partial charge on any atom is -0.381 e. The van der Waals surface area contributed by atoms with Gasteiger partial charge in [0, 0.05) is 19.8 Å². The lowest BCUT2D eigenvalue weighted by Gasteiger charge is -2.36. The Kier molecular flexibility index (Phi) is 5.18. The van der Waals surface area contributed by atoms with E-state index in [1.165, 1.54) is 0 Å². The van der Waals surface area contributed by atoms with Gasteiger partial charge in [-0.1, -0.05) is 44.2 Å². The van der Waals surface area contributed by atoms with E-state index < -0.39 is 5.41 Å². The molecule has 0 atom stereocenters. The quantitative estimate of drug-likeness (QED) is 0.897. The van der Waals surface area contributed by atoms with Crippen LogP contribution >= 0.6 is 0 Å². The molecule has 0 saturated carbocycles. The summed E-state index contributed by atoms with van der Waals surface area (Å²) in [6.07, 6.45) is 2.56. The maximum atomic E-state index is 12.7. The van der Waals surface area contributed by atoms with Crippen molar-refractivity contribution in [2.24, 2.45) is 5.92 Å². The van der Waals surface area contributed by atoms with E-state index in [1.54, 1.807) is 0 Å². The molecule has 0 unspecified atom stereocenters. The van der Waals surface area contributed by atoms with E-state index >= 15 is 0 Å². The van der Waals surface area contributed by atoms with E-state index in [-0.39, 0.29) is 5.91 Å². The van der Waals surface area contributed by atoms with Crippen molar-refractivity contribution in [1.82, 2.24) is 5.32 Å². The molecular weight excluding hydrogens is 250 g/mol. The zero-order valence-electron chi connectivity index (χ0n) is 12.5. The van der Waals surface area contributed by atoms with Crippen molar-refractivity contribution in [2.75, 3.05) is 19.8 Å². The third-order valence-corrected chi connectivity index (χ3v) is 4.11. The number of carbonyl (C=O) groups excluding carboxylic acids is 1. The zero-order chi connectivity index (χ0) is 14.4. The Morgan fingerprint density at radius 2 is 1.90 bits per heavy atom. The summed E-state index contributed by atoms with van der Waals surface area (Å²) in [5.74, 6) is 0.769. The molecule has 1 fully saturated rings. The fourth-order valence-corrected chi connectivity index (χ4v) is 2.77. The molecule has 1 N–H and O–H groups in total. The average molecular weight is 275 g/mol. The number of rotatable bonds is 5. The number of carbonyl (C=O) groups is 1. The van der Waals surface area contributed by atoms with Crippen molar-refractivity contribution >= 4 is 5.91 Å². The number of hydrogen-bond acceptors (Lipinski definition) is 2. The van der Waals surface area contributed by atoms with Crippen LogP contribution in [0.4, 0.5) is 0 Å². The molecule has 0 aromatic heterocycles. The zero-order valence-corrected chi connectivity index (χ0v) is 12.5. The van der Waals surface area contributed by atoms with E-state index in [2.05, 4.69) is 31.3 Å². The van der Waals surface area contributed by atoms with Gasteiger partial charge in [0.1, 0.15) is 0 Å². The Bertz CT molecular complexity index is 422. The van der Waals surface area contributed by atoms with E-state index in [0.29, 0.717) is 19.1 Å². The average Bonchev–Trinajstić information content (AvgIpc) is 2.48. The lowest BCUT2D eigenvalue weighted by molar-refractivity contribution is -0.130. The van der Waals surface area contributed by atoms with Crippen LogP contribution in [-0.2, 0) is 14.9 Å². The Morgan fingerprint density at radius 1 is 1.25 bits per heavy atom. The Balaban J connectivity index is 2.13. The maximum Gasteiger partial charge on any atom is 0.230 e. The molecule has 3 heteroatoms. The van der Waals surface area contributed by atoms with Crippen molar-refractivity contribution in [2.45, 2.75) is 38.5 Å². The van der Waals surface area contributed by atoms with E-state index in [9.17, 15) is 4.79 Å². The van der Waals surface area contributed by atoms with Gasteiger partial charge in [-0.15, -0.1) is 0 Å². The first-order valence-electron chi connectivity index (χ1n) is 7.57. The lowest BCUT2D eigenvalue weighted by atomic mass is 9.73. The first-order valence-corrected chi connectivity index (χ1v) is 7.57. The second-order valence-corrected chi connectivity index (χ2v) is 6.00. The van der Waals surface area contributed by atoms with Crippen LogP contribution in [-0.4, -0.2) is 25.7 Å². The third kappa shape index (κ3) is 3.40. The van der Waals surface area contributed by atoms with Crippen molar-refractivity contribution in [3.8, 4) is 0 Å². The second kappa shape index (κ2) is 6.89. The molecule has 1 aromatic rings. The van der Waals surface area contributed by atoms with Crippen LogP contribution in [0.3, 0.4) is 0 Å². The van der Waals surface area contributed by atoms with Gasteiger partial charge in [-0.2, -0.15) is 0 Å². The first-order chi connectivity index (χ1) is 9.65. The highest BCUT2D eigenvalue weighted by Crippen LogP contribution is 2.35. The molecule has 0 radical (unpaired) electrons. The molecule has 1 aromatic carbocycles. The molecule has 20 heavy (non-hydrogen) atoms. The summed E-state index contributed by atoms with van der Waals surface area (Å²) in [7, 11) is 0. The van der Waals surface area contributed by atoms with Crippen molar-refractivity contribution in [3.63, 3.8) is 0 Å². The van der Waals surface area contributed by atoms with E-state index in [1.807, 2.05) is 18.2 Å². The second-order valence-electron chi connectivity index (χ2n) is 6.00. The SMILES string of the molecule is CC(C)CCNC(=O)C1(c2ccccc2)CCOCC1. The molecule has 2 rings (SSSR count). The van der Waals surface area contributed by atoms with Crippen LogP contribution < -0.4 is 5.32 Å². The van der Waals surface area contributed by atoms with Gasteiger partial charge < -0.3 is 10.1 Å². The summed E-state index contributed by atoms with van der Waals surface area (Å²) in [5, 5.41) is 3.13. The minimum absolute atomic E-state index is 0.160. The van der Waals surface area contributed by atoms with Gasteiger partial charge in [0.05, 0.1) is 5.41 Å². The monoisotopic (exact) mass is 275 g/mol. The molecule has 0 aliphatic carbocycles. The molecule has 1 saturated heterocycles. The van der Waals surface area contributed by atoms with Crippen LogP contribution in [0.1, 0.15) is 38.7 Å². The lowest BCUT2D eigenvalue weighted by Crippen LogP contribution is -2.48. The van der Waals surface area contributed by atoms with Gasteiger partial charge in [-0.05, 0) is 30.7 Å². The highest BCUT2D eigenvalue weighted by Gasteiger charge is 2.41. The molecule has 0 bridgehead atoms. The minimum atomic E-state index is -0.406.